The molecule has 1 aliphatic carbocycles. The van der Waals surface area contributed by atoms with Crippen LogP contribution in [0.3, 0.4) is 0 Å². The lowest BCUT2D eigenvalue weighted by molar-refractivity contribution is 0.0388. The Morgan fingerprint density at radius 1 is 1.20 bits per heavy atom. The Labute approximate surface area is 117 Å². The number of methoxy groups -OCH3 is 1. The minimum atomic E-state index is -0.887. The molecule has 0 saturated carbocycles. The molecule has 0 heterocycles. The fourth-order valence-corrected chi connectivity index (χ4v) is 2.93. The molecule has 2 nitrogen and oxygen atoms in total. The number of rotatable bonds is 3. The zero-order valence-corrected chi connectivity index (χ0v) is 11.4. The van der Waals surface area contributed by atoms with Crippen LogP contribution >= 0.6 is 0 Å². The summed E-state index contributed by atoms with van der Waals surface area (Å²) in [5, 5.41) is 10.9. The Morgan fingerprint density at radius 2 is 1.95 bits per heavy atom. The standard InChI is InChI=1S/C17H17FO2/c1-20-15-7-4-13-8-9-17(19,16(13)10-15)11-12-2-5-14(18)6-3-12/h2-7,10,19H,8-9,11H2,1H3. The van der Waals surface area contributed by atoms with Crippen molar-refractivity contribution in [2.75, 3.05) is 7.11 Å². The molecule has 1 unspecified atom stereocenters. The van der Waals surface area contributed by atoms with Crippen LogP contribution in [0.25, 0.3) is 0 Å². The van der Waals surface area contributed by atoms with E-state index in [9.17, 15) is 9.50 Å². The number of aryl methyl sites for hydroxylation is 1. The van der Waals surface area contributed by atoms with Crippen molar-refractivity contribution in [2.45, 2.75) is 24.9 Å². The molecule has 3 rings (SSSR count). The van der Waals surface area contributed by atoms with E-state index in [0.29, 0.717) is 12.8 Å². The van der Waals surface area contributed by atoms with Crippen LogP contribution in [0.4, 0.5) is 4.39 Å². The Morgan fingerprint density at radius 3 is 2.65 bits per heavy atom. The number of ether oxygens (including phenoxy) is 1. The molecule has 1 atom stereocenters. The second-order valence-corrected chi connectivity index (χ2v) is 5.36. The molecular weight excluding hydrogens is 255 g/mol. The van der Waals surface area contributed by atoms with E-state index < -0.39 is 5.60 Å². The van der Waals surface area contributed by atoms with Gasteiger partial charge in [0.05, 0.1) is 12.7 Å². The molecule has 0 aliphatic heterocycles. The second kappa shape index (κ2) is 4.91. The van der Waals surface area contributed by atoms with Crippen molar-refractivity contribution in [1.82, 2.24) is 0 Å². The van der Waals surface area contributed by atoms with Gasteiger partial charge in [-0.3, -0.25) is 0 Å². The van der Waals surface area contributed by atoms with Crippen LogP contribution in [-0.2, 0) is 18.4 Å². The molecular formula is C17H17FO2. The molecule has 1 aliphatic rings. The van der Waals surface area contributed by atoms with Gasteiger partial charge < -0.3 is 9.84 Å². The third-order valence-corrected chi connectivity index (χ3v) is 4.04. The number of hydrogen-bond donors (Lipinski definition) is 1. The summed E-state index contributed by atoms with van der Waals surface area (Å²) in [6.07, 6.45) is 2.04. The highest BCUT2D eigenvalue weighted by atomic mass is 19.1. The zero-order valence-electron chi connectivity index (χ0n) is 11.4. The minimum absolute atomic E-state index is 0.255. The quantitative estimate of drug-likeness (QED) is 0.929. The molecule has 0 spiro atoms. The van der Waals surface area contributed by atoms with Crippen LogP contribution in [0, 0.1) is 5.82 Å². The summed E-state index contributed by atoms with van der Waals surface area (Å²) in [7, 11) is 1.62. The van der Waals surface area contributed by atoms with Crippen LogP contribution in [0.15, 0.2) is 42.5 Å². The van der Waals surface area contributed by atoms with Gasteiger partial charge in [-0.05, 0) is 53.8 Å². The van der Waals surface area contributed by atoms with Gasteiger partial charge >= 0.3 is 0 Å². The Bertz CT molecular complexity index is 621. The Hall–Kier alpha value is -1.87. The lowest BCUT2D eigenvalue weighted by atomic mass is 9.88. The van der Waals surface area contributed by atoms with Crippen LogP contribution in [-0.4, -0.2) is 12.2 Å². The van der Waals surface area contributed by atoms with E-state index in [-0.39, 0.29) is 5.82 Å². The highest BCUT2D eigenvalue weighted by Crippen LogP contribution is 2.40. The van der Waals surface area contributed by atoms with Gasteiger partial charge in [0.1, 0.15) is 11.6 Å². The van der Waals surface area contributed by atoms with Crippen LogP contribution in [0.1, 0.15) is 23.1 Å². The van der Waals surface area contributed by atoms with Gasteiger partial charge in [-0.1, -0.05) is 18.2 Å². The van der Waals surface area contributed by atoms with Gasteiger partial charge in [0.2, 0.25) is 0 Å². The molecule has 2 aromatic carbocycles. The third kappa shape index (κ3) is 2.29. The number of aliphatic hydroxyl groups is 1. The fourth-order valence-electron chi connectivity index (χ4n) is 2.93. The smallest absolute Gasteiger partial charge is 0.123 e. The molecule has 1 N–H and O–H groups in total. The SMILES string of the molecule is COc1ccc2c(c1)C(O)(Cc1ccc(F)cc1)CC2. The van der Waals surface area contributed by atoms with E-state index in [0.717, 1.165) is 28.9 Å². The van der Waals surface area contributed by atoms with E-state index >= 15 is 0 Å². The van der Waals surface area contributed by atoms with Gasteiger partial charge in [-0.2, -0.15) is 0 Å². The van der Waals surface area contributed by atoms with Gasteiger partial charge in [0, 0.05) is 6.42 Å². The molecule has 3 heteroatoms. The van der Waals surface area contributed by atoms with Crippen LogP contribution in [0.5, 0.6) is 5.75 Å². The predicted octanol–water partition coefficient (Wildman–Crippen LogP) is 3.21. The van der Waals surface area contributed by atoms with Crippen LogP contribution in [0.2, 0.25) is 0 Å². The highest BCUT2D eigenvalue weighted by molar-refractivity contribution is 5.43. The van der Waals surface area contributed by atoms with Gasteiger partial charge in [0.25, 0.3) is 0 Å². The van der Waals surface area contributed by atoms with Gasteiger partial charge in [0.15, 0.2) is 0 Å². The number of fused-ring (bicyclic) bond motifs is 1. The molecule has 104 valence electrons. The molecule has 0 aromatic heterocycles. The summed E-state index contributed by atoms with van der Waals surface area (Å²) in [5.41, 5.74) is 2.14. The molecule has 0 saturated heterocycles. The molecule has 0 fully saturated rings. The van der Waals surface area contributed by atoms with Crippen molar-refractivity contribution in [3.8, 4) is 5.75 Å². The van der Waals surface area contributed by atoms with Crippen molar-refractivity contribution >= 4 is 0 Å². The highest BCUT2D eigenvalue weighted by Gasteiger charge is 2.37. The first-order valence-electron chi connectivity index (χ1n) is 6.75. The van der Waals surface area contributed by atoms with Crippen molar-refractivity contribution in [3.63, 3.8) is 0 Å². The maximum atomic E-state index is 13.0. The van der Waals surface area contributed by atoms with E-state index in [2.05, 4.69) is 0 Å². The van der Waals surface area contributed by atoms with E-state index in [1.807, 2.05) is 18.2 Å². The molecule has 2 aromatic rings. The molecule has 0 radical (unpaired) electrons. The van der Waals surface area contributed by atoms with Gasteiger partial charge in [-0.25, -0.2) is 4.39 Å². The topological polar surface area (TPSA) is 29.5 Å². The lowest BCUT2D eigenvalue weighted by Gasteiger charge is -2.24. The molecule has 0 amide bonds. The number of hydrogen-bond acceptors (Lipinski definition) is 2. The summed E-state index contributed by atoms with van der Waals surface area (Å²) in [6.45, 7) is 0. The summed E-state index contributed by atoms with van der Waals surface area (Å²) < 4.78 is 18.2. The van der Waals surface area contributed by atoms with Crippen molar-refractivity contribution < 1.29 is 14.2 Å². The zero-order chi connectivity index (χ0) is 14.2. The van der Waals surface area contributed by atoms with E-state index in [4.69, 9.17) is 4.74 Å². The predicted molar refractivity (Wildman–Crippen MR) is 75.3 cm³/mol. The maximum Gasteiger partial charge on any atom is 0.123 e. The van der Waals surface area contributed by atoms with E-state index in [1.54, 1.807) is 19.2 Å². The van der Waals surface area contributed by atoms with E-state index in [1.165, 1.54) is 12.1 Å². The first kappa shape index (κ1) is 13.1. The van der Waals surface area contributed by atoms with Gasteiger partial charge in [-0.15, -0.1) is 0 Å². The Kier molecular flexibility index (Phi) is 3.22. The number of halogens is 1. The summed E-state index contributed by atoms with van der Waals surface area (Å²) in [4.78, 5) is 0. The minimum Gasteiger partial charge on any atom is -0.497 e. The molecule has 0 bridgehead atoms. The number of benzene rings is 2. The average molecular weight is 272 g/mol. The van der Waals surface area contributed by atoms with Crippen molar-refractivity contribution in [2.24, 2.45) is 0 Å². The summed E-state index contributed by atoms with van der Waals surface area (Å²) >= 11 is 0. The normalized spacial score (nSPS) is 20.8. The fraction of sp³-hybridized carbons (Fsp3) is 0.294. The summed E-state index contributed by atoms with van der Waals surface area (Å²) in [5.74, 6) is 0.498. The maximum absolute atomic E-state index is 13.0. The summed E-state index contributed by atoms with van der Waals surface area (Å²) in [6, 6.07) is 12.2. The second-order valence-electron chi connectivity index (χ2n) is 5.36. The van der Waals surface area contributed by atoms with Crippen molar-refractivity contribution in [3.05, 3.63) is 65.0 Å². The average Bonchev–Trinajstić information content (AvgIpc) is 2.78. The third-order valence-electron chi connectivity index (χ3n) is 4.04. The first-order valence-corrected chi connectivity index (χ1v) is 6.75. The largest absolute Gasteiger partial charge is 0.497 e. The Balaban J connectivity index is 1.93. The van der Waals surface area contributed by atoms with Crippen molar-refractivity contribution in [1.29, 1.82) is 0 Å². The first-order chi connectivity index (χ1) is 9.60. The van der Waals surface area contributed by atoms with Crippen LogP contribution < -0.4 is 4.74 Å². The molecule has 20 heavy (non-hydrogen) atoms. The lowest BCUT2D eigenvalue weighted by Crippen LogP contribution is -2.25. The monoisotopic (exact) mass is 272 g/mol.